The Bertz CT molecular complexity index is 1200. The molecular weight excluding hydrogens is 412 g/mol. The first-order valence-corrected chi connectivity index (χ1v) is 11.4. The molecule has 3 aromatic rings. The van der Waals surface area contributed by atoms with Gasteiger partial charge in [0.1, 0.15) is 16.6 Å². The van der Waals surface area contributed by atoms with Gasteiger partial charge in [0.2, 0.25) is 0 Å². The molecule has 0 saturated carbocycles. The second kappa shape index (κ2) is 9.01. The molecule has 0 bridgehead atoms. The first kappa shape index (κ1) is 21.2. The van der Waals surface area contributed by atoms with E-state index >= 15 is 0 Å². The molecule has 1 aromatic carbocycles. The molecule has 2 heterocycles. The number of benzene rings is 1. The maximum atomic E-state index is 13.2. The smallest absolute Gasteiger partial charge is 0.263 e. The fourth-order valence-corrected chi connectivity index (χ4v) is 5.22. The fraction of sp³-hybridized carbons (Fsp3) is 0.391. The number of aromatic nitrogens is 2. The summed E-state index contributed by atoms with van der Waals surface area (Å²) < 4.78 is 6.95. The highest BCUT2D eigenvalue weighted by atomic mass is 32.1. The lowest BCUT2D eigenvalue weighted by Gasteiger charge is -2.18. The van der Waals surface area contributed by atoms with Crippen LogP contribution in [0.5, 0.6) is 5.75 Å². The van der Waals surface area contributed by atoms with E-state index in [4.69, 9.17) is 4.74 Å². The Morgan fingerprint density at radius 3 is 3.06 bits per heavy atom. The van der Waals surface area contributed by atoms with Crippen molar-refractivity contribution < 1.29 is 9.53 Å². The van der Waals surface area contributed by atoms with Gasteiger partial charge in [0, 0.05) is 10.4 Å². The minimum absolute atomic E-state index is 0.162. The Morgan fingerprint density at radius 1 is 1.45 bits per heavy atom. The molecule has 0 saturated heterocycles. The molecule has 0 radical (unpaired) electrons. The van der Waals surface area contributed by atoms with Gasteiger partial charge in [-0.15, -0.1) is 11.3 Å². The normalized spacial score (nSPS) is 16.9. The highest BCUT2D eigenvalue weighted by Gasteiger charge is 2.25. The summed E-state index contributed by atoms with van der Waals surface area (Å²) in [4.78, 5) is 32.4. The van der Waals surface area contributed by atoms with Crippen molar-refractivity contribution in [1.29, 1.82) is 0 Å². The largest absolute Gasteiger partial charge is 0.493 e. The molecule has 0 spiro atoms. The minimum Gasteiger partial charge on any atom is -0.493 e. The van der Waals surface area contributed by atoms with E-state index in [0.29, 0.717) is 23.7 Å². The van der Waals surface area contributed by atoms with E-state index in [1.54, 1.807) is 18.3 Å². The van der Waals surface area contributed by atoms with Gasteiger partial charge in [0.05, 0.1) is 24.5 Å². The first-order chi connectivity index (χ1) is 15.0. The highest BCUT2D eigenvalue weighted by molar-refractivity contribution is 7.18. The van der Waals surface area contributed by atoms with Crippen LogP contribution in [-0.2, 0) is 17.6 Å². The minimum atomic E-state index is -0.734. The van der Waals surface area contributed by atoms with E-state index in [0.717, 1.165) is 35.2 Å². The van der Waals surface area contributed by atoms with Crippen LogP contribution in [0.1, 0.15) is 49.2 Å². The zero-order valence-electron chi connectivity index (χ0n) is 17.9. The number of thiophene rings is 1. The second-order valence-electron chi connectivity index (χ2n) is 7.87. The Labute approximate surface area is 184 Å². The number of nitrogens with one attached hydrogen (secondary N) is 1. The standard InChI is InChI=1S/C23H26N4O3S/c1-4-30-18-8-6-5-7-16(18)12-25-26-21(28)15(3)27-13-24-22-20(23(27)29)17-10-9-14(2)11-19(17)31-22/h5-8,12-15H,4,9-11H2,1-3H3,(H,26,28)/t14-,15-/m1/s1. The predicted octanol–water partition coefficient (Wildman–Crippen LogP) is 3.69. The third-order valence-corrected chi connectivity index (χ3v) is 6.80. The molecule has 0 aliphatic heterocycles. The van der Waals surface area contributed by atoms with Crippen LogP contribution < -0.4 is 15.7 Å². The summed E-state index contributed by atoms with van der Waals surface area (Å²) in [6, 6.07) is 6.71. The lowest BCUT2D eigenvalue weighted by atomic mass is 9.89. The van der Waals surface area contributed by atoms with Crippen LogP contribution in [0.3, 0.4) is 0 Å². The Hall–Kier alpha value is -3.00. The van der Waals surface area contributed by atoms with Gasteiger partial charge < -0.3 is 4.74 Å². The lowest BCUT2D eigenvalue weighted by molar-refractivity contribution is -0.123. The average molecular weight is 439 g/mol. The highest BCUT2D eigenvalue weighted by Crippen LogP contribution is 2.35. The number of carbonyl (C=O) groups excluding carboxylic acids is 1. The zero-order valence-corrected chi connectivity index (χ0v) is 18.7. The van der Waals surface area contributed by atoms with Gasteiger partial charge in [-0.05, 0) is 56.7 Å². The maximum Gasteiger partial charge on any atom is 0.263 e. The van der Waals surface area contributed by atoms with Crippen LogP contribution in [0.2, 0.25) is 0 Å². The van der Waals surface area contributed by atoms with Crippen LogP contribution in [0.4, 0.5) is 0 Å². The maximum absolute atomic E-state index is 13.2. The molecule has 0 unspecified atom stereocenters. The van der Waals surface area contributed by atoms with Gasteiger partial charge in [0.25, 0.3) is 11.5 Å². The summed E-state index contributed by atoms with van der Waals surface area (Å²) in [5.41, 5.74) is 4.24. The molecule has 1 amide bonds. The van der Waals surface area contributed by atoms with Gasteiger partial charge in [-0.25, -0.2) is 10.4 Å². The quantitative estimate of drug-likeness (QED) is 0.470. The lowest BCUT2D eigenvalue weighted by Crippen LogP contribution is -2.34. The Balaban J connectivity index is 1.54. The molecule has 31 heavy (non-hydrogen) atoms. The van der Waals surface area contributed by atoms with Crippen molar-refractivity contribution in [2.24, 2.45) is 11.0 Å². The summed E-state index contributed by atoms with van der Waals surface area (Å²) in [5, 5.41) is 4.72. The predicted molar refractivity (Wildman–Crippen MR) is 123 cm³/mol. The molecule has 7 nitrogen and oxygen atoms in total. The number of hydrogen-bond acceptors (Lipinski definition) is 6. The molecule has 2 aromatic heterocycles. The van der Waals surface area contributed by atoms with Gasteiger partial charge in [-0.3, -0.25) is 14.2 Å². The summed E-state index contributed by atoms with van der Waals surface area (Å²) >= 11 is 1.60. The SMILES string of the molecule is CCOc1ccccc1C=NNC(=O)[C@@H](C)n1cnc2sc3c(c2c1=O)CC[C@@H](C)C3. The number of hydrogen-bond donors (Lipinski definition) is 1. The van der Waals surface area contributed by atoms with Gasteiger partial charge in [0.15, 0.2) is 0 Å². The van der Waals surface area contributed by atoms with Crippen molar-refractivity contribution in [2.45, 2.75) is 46.1 Å². The zero-order chi connectivity index (χ0) is 22.0. The number of hydrazone groups is 1. The number of aryl methyl sites for hydroxylation is 1. The van der Waals surface area contributed by atoms with Gasteiger partial charge >= 0.3 is 0 Å². The second-order valence-corrected chi connectivity index (χ2v) is 8.95. The molecule has 162 valence electrons. The number of amides is 1. The monoisotopic (exact) mass is 438 g/mol. The Morgan fingerprint density at radius 2 is 2.26 bits per heavy atom. The van der Waals surface area contributed by atoms with Crippen LogP contribution in [0.15, 0.2) is 40.5 Å². The van der Waals surface area contributed by atoms with Crippen molar-refractivity contribution in [3.8, 4) is 5.75 Å². The topological polar surface area (TPSA) is 85.6 Å². The van der Waals surface area contributed by atoms with Crippen molar-refractivity contribution in [3.63, 3.8) is 0 Å². The number of nitrogens with zero attached hydrogens (tertiary/aromatic N) is 3. The third kappa shape index (κ3) is 4.25. The van der Waals surface area contributed by atoms with E-state index in [9.17, 15) is 9.59 Å². The van der Waals surface area contributed by atoms with Crippen LogP contribution in [0, 0.1) is 5.92 Å². The molecular formula is C23H26N4O3S. The van der Waals surface area contributed by atoms with Crippen molar-refractivity contribution in [1.82, 2.24) is 15.0 Å². The van der Waals surface area contributed by atoms with Crippen LogP contribution in [-0.4, -0.2) is 28.3 Å². The summed E-state index contributed by atoms with van der Waals surface area (Å²) in [6.07, 6.45) is 5.96. The summed E-state index contributed by atoms with van der Waals surface area (Å²) in [7, 11) is 0. The molecule has 2 atom stereocenters. The van der Waals surface area contributed by atoms with E-state index in [1.165, 1.54) is 22.0 Å². The van der Waals surface area contributed by atoms with Crippen molar-refractivity contribution >= 4 is 33.7 Å². The summed E-state index contributed by atoms with van der Waals surface area (Å²) in [6.45, 7) is 6.36. The van der Waals surface area contributed by atoms with Crippen LogP contribution >= 0.6 is 11.3 Å². The summed E-state index contributed by atoms with van der Waals surface area (Å²) in [5.74, 6) is 0.933. The molecule has 8 heteroatoms. The van der Waals surface area contributed by atoms with E-state index in [1.807, 2.05) is 31.2 Å². The van der Waals surface area contributed by atoms with E-state index < -0.39 is 6.04 Å². The van der Waals surface area contributed by atoms with E-state index in [-0.39, 0.29) is 11.5 Å². The van der Waals surface area contributed by atoms with Crippen molar-refractivity contribution in [2.75, 3.05) is 6.61 Å². The van der Waals surface area contributed by atoms with Crippen LogP contribution in [0.25, 0.3) is 10.2 Å². The number of ether oxygens (including phenoxy) is 1. The fourth-order valence-electron chi connectivity index (χ4n) is 3.88. The number of carbonyl (C=O) groups is 1. The van der Waals surface area contributed by atoms with Gasteiger partial charge in [-0.1, -0.05) is 19.1 Å². The average Bonchev–Trinajstić information content (AvgIpc) is 3.13. The molecule has 0 fully saturated rings. The number of rotatable bonds is 6. The first-order valence-electron chi connectivity index (χ1n) is 10.6. The Kier molecular flexibility index (Phi) is 6.18. The molecule has 1 N–H and O–H groups in total. The van der Waals surface area contributed by atoms with Gasteiger partial charge in [-0.2, -0.15) is 5.10 Å². The number of para-hydroxylation sites is 1. The van der Waals surface area contributed by atoms with Crippen molar-refractivity contribution in [3.05, 3.63) is 57.0 Å². The molecule has 1 aliphatic carbocycles. The molecule has 4 rings (SSSR count). The molecule has 1 aliphatic rings. The van der Waals surface area contributed by atoms with E-state index in [2.05, 4.69) is 22.4 Å². The third-order valence-electron chi connectivity index (χ3n) is 5.63. The number of fused-ring (bicyclic) bond motifs is 3.